The van der Waals surface area contributed by atoms with Gasteiger partial charge in [-0.05, 0) is 17.7 Å². The minimum absolute atomic E-state index is 0.297. The Morgan fingerprint density at radius 1 is 0.737 bits per heavy atom. The summed E-state index contributed by atoms with van der Waals surface area (Å²) in [5, 5.41) is 4.36. The van der Waals surface area contributed by atoms with Crippen LogP contribution in [0.5, 0.6) is 5.75 Å². The summed E-state index contributed by atoms with van der Waals surface area (Å²) in [6, 6.07) is 36.1. The van der Waals surface area contributed by atoms with Crippen molar-refractivity contribution >= 4 is 22.7 Å². The third-order valence-corrected chi connectivity index (χ3v) is 6.40. The molecule has 4 aromatic carbocycles. The Hall–Kier alpha value is -5.17. The molecule has 0 unspecified atom stereocenters. The fourth-order valence-corrected chi connectivity index (χ4v) is 4.59. The van der Waals surface area contributed by atoms with Gasteiger partial charge in [0.15, 0.2) is 0 Å². The molecular formula is C31H26N6O. The van der Waals surface area contributed by atoms with Crippen molar-refractivity contribution in [1.29, 1.82) is 0 Å². The summed E-state index contributed by atoms with van der Waals surface area (Å²) in [5.74, 6) is 2.04. The normalized spacial score (nSPS) is 11.0. The summed E-state index contributed by atoms with van der Waals surface area (Å²) in [6.07, 6.45) is 0. The highest BCUT2D eigenvalue weighted by molar-refractivity contribution is 5.94. The third-order valence-electron chi connectivity index (χ3n) is 6.40. The molecule has 0 aliphatic carbocycles. The standard InChI is InChI=1S/C31H26N6O/c1-38-25-19-11-18-24-27(25)35-31(36-29(24)33-20-21-12-5-2-6-13-21)37-28(23-16-9-4-10-17-23)26(34-30(37)32)22-14-7-3-8-15-22/h2-19H,20H2,1H3,(H2,32,34)(H,33,35,36). The quantitative estimate of drug-likeness (QED) is 0.266. The van der Waals surface area contributed by atoms with Crippen LogP contribution in [0.4, 0.5) is 11.8 Å². The first-order valence-corrected chi connectivity index (χ1v) is 12.3. The van der Waals surface area contributed by atoms with E-state index in [1.54, 1.807) is 7.11 Å². The molecule has 2 aromatic heterocycles. The smallest absolute Gasteiger partial charge is 0.239 e. The number of nitrogens with zero attached hydrogens (tertiary/aromatic N) is 4. The van der Waals surface area contributed by atoms with Crippen LogP contribution >= 0.6 is 0 Å². The Labute approximate surface area is 220 Å². The molecule has 7 heteroatoms. The van der Waals surface area contributed by atoms with E-state index in [4.69, 9.17) is 25.4 Å². The molecule has 2 heterocycles. The minimum Gasteiger partial charge on any atom is -0.494 e. The number of rotatable bonds is 7. The van der Waals surface area contributed by atoms with E-state index in [0.717, 1.165) is 33.5 Å². The highest BCUT2D eigenvalue weighted by Gasteiger charge is 2.23. The first-order chi connectivity index (χ1) is 18.7. The number of hydrogen-bond acceptors (Lipinski definition) is 6. The van der Waals surface area contributed by atoms with Gasteiger partial charge in [0.05, 0.1) is 18.5 Å². The summed E-state index contributed by atoms with van der Waals surface area (Å²) >= 11 is 0. The van der Waals surface area contributed by atoms with Gasteiger partial charge < -0.3 is 15.8 Å². The van der Waals surface area contributed by atoms with Crippen molar-refractivity contribution in [2.45, 2.75) is 6.54 Å². The molecule has 7 nitrogen and oxygen atoms in total. The molecule has 0 radical (unpaired) electrons. The van der Waals surface area contributed by atoms with Crippen molar-refractivity contribution in [2.75, 3.05) is 18.2 Å². The number of anilines is 2. The number of benzene rings is 4. The zero-order valence-corrected chi connectivity index (χ0v) is 20.9. The molecule has 0 fully saturated rings. The van der Waals surface area contributed by atoms with Gasteiger partial charge in [0.25, 0.3) is 0 Å². The Kier molecular flexibility index (Phi) is 6.16. The number of aromatic nitrogens is 4. The Morgan fingerprint density at radius 2 is 1.39 bits per heavy atom. The summed E-state index contributed by atoms with van der Waals surface area (Å²) in [6.45, 7) is 0.601. The second-order valence-corrected chi connectivity index (χ2v) is 8.80. The molecular weight excluding hydrogens is 472 g/mol. The average molecular weight is 499 g/mol. The predicted octanol–water partition coefficient (Wildman–Crippen LogP) is 6.35. The van der Waals surface area contributed by atoms with Gasteiger partial charge in [-0.2, -0.15) is 4.98 Å². The first kappa shape index (κ1) is 23.2. The maximum atomic E-state index is 6.60. The maximum absolute atomic E-state index is 6.60. The lowest BCUT2D eigenvalue weighted by Gasteiger charge is -2.15. The van der Waals surface area contributed by atoms with E-state index in [0.29, 0.717) is 35.5 Å². The van der Waals surface area contributed by atoms with Crippen LogP contribution in [0.1, 0.15) is 5.56 Å². The van der Waals surface area contributed by atoms with Gasteiger partial charge in [0.2, 0.25) is 11.9 Å². The molecule has 0 saturated carbocycles. The van der Waals surface area contributed by atoms with Crippen LogP contribution in [0.3, 0.4) is 0 Å². The van der Waals surface area contributed by atoms with Crippen LogP contribution in [0.2, 0.25) is 0 Å². The predicted molar refractivity (Wildman–Crippen MR) is 152 cm³/mol. The van der Waals surface area contributed by atoms with Gasteiger partial charge in [-0.15, -0.1) is 0 Å². The monoisotopic (exact) mass is 498 g/mol. The van der Waals surface area contributed by atoms with E-state index in [1.807, 2.05) is 102 Å². The van der Waals surface area contributed by atoms with E-state index in [1.165, 1.54) is 0 Å². The lowest BCUT2D eigenvalue weighted by atomic mass is 10.0. The highest BCUT2D eigenvalue weighted by Crippen LogP contribution is 2.37. The van der Waals surface area contributed by atoms with Crippen LogP contribution in [0, 0.1) is 0 Å². The van der Waals surface area contributed by atoms with Crippen LogP contribution in [-0.2, 0) is 6.54 Å². The number of nitrogens with one attached hydrogen (secondary N) is 1. The van der Waals surface area contributed by atoms with Gasteiger partial charge in [-0.3, -0.25) is 0 Å². The first-order valence-electron chi connectivity index (χ1n) is 12.3. The van der Waals surface area contributed by atoms with Crippen molar-refractivity contribution in [3.8, 4) is 34.2 Å². The zero-order chi connectivity index (χ0) is 25.9. The number of fused-ring (bicyclic) bond motifs is 1. The molecule has 0 atom stereocenters. The van der Waals surface area contributed by atoms with Crippen LogP contribution in [0.25, 0.3) is 39.4 Å². The van der Waals surface area contributed by atoms with Gasteiger partial charge in [-0.1, -0.05) is 97.1 Å². The molecule has 0 aliphatic rings. The van der Waals surface area contributed by atoms with Crippen LogP contribution in [-0.4, -0.2) is 26.6 Å². The fourth-order valence-electron chi connectivity index (χ4n) is 4.59. The topological polar surface area (TPSA) is 90.9 Å². The SMILES string of the molecule is COc1cccc2c(NCc3ccccc3)nc(-n3c(N)nc(-c4ccccc4)c3-c3ccccc3)nc12. The average Bonchev–Trinajstić information content (AvgIpc) is 3.33. The molecule has 186 valence electrons. The van der Waals surface area contributed by atoms with Crippen molar-refractivity contribution < 1.29 is 4.74 Å². The summed E-state index contributed by atoms with van der Waals surface area (Å²) < 4.78 is 7.50. The third kappa shape index (κ3) is 4.30. The zero-order valence-electron chi connectivity index (χ0n) is 20.9. The van der Waals surface area contributed by atoms with Gasteiger partial charge in [0.1, 0.15) is 17.1 Å². The summed E-state index contributed by atoms with van der Waals surface area (Å²) in [7, 11) is 1.64. The second kappa shape index (κ2) is 10.1. The number of nitrogen functional groups attached to an aromatic ring is 1. The number of nitrogens with two attached hydrogens (primary N) is 1. The van der Waals surface area contributed by atoms with Crippen molar-refractivity contribution in [1.82, 2.24) is 19.5 Å². The second-order valence-electron chi connectivity index (χ2n) is 8.80. The molecule has 6 aromatic rings. The Bertz CT molecular complexity index is 1700. The van der Waals surface area contributed by atoms with Gasteiger partial charge >= 0.3 is 0 Å². The fraction of sp³-hybridized carbons (Fsp3) is 0.0645. The van der Waals surface area contributed by atoms with Crippen LogP contribution < -0.4 is 15.8 Å². The molecule has 3 N–H and O–H groups in total. The number of ether oxygens (including phenoxy) is 1. The summed E-state index contributed by atoms with van der Waals surface area (Å²) in [4.78, 5) is 14.7. The molecule has 6 rings (SSSR count). The van der Waals surface area contributed by atoms with Gasteiger partial charge in [0, 0.05) is 23.1 Å². The number of hydrogen-bond donors (Lipinski definition) is 2. The Morgan fingerprint density at radius 3 is 2.08 bits per heavy atom. The van der Waals surface area contributed by atoms with E-state index < -0.39 is 0 Å². The lowest BCUT2D eigenvalue weighted by Crippen LogP contribution is -2.11. The number of para-hydroxylation sites is 1. The maximum Gasteiger partial charge on any atom is 0.239 e. The Balaban J connectivity index is 1.58. The number of methoxy groups -OCH3 is 1. The van der Waals surface area contributed by atoms with Crippen molar-refractivity contribution in [3.63, 3.8) is 0 Å². The largest absolute Gasteiger partial charge is 0.494 e. The molecule has 38 heavy (non-hydrogen) atoms. The highest BCUT2D eigenvalue weighted by atomic mass is 16.5. The lowest BCUT2D eigenvalue weighted by molar-refractivity contribution is 0.419. The molecule has 0 amide bonds. The van der Waals surface area contributed by atoms with Crippen LogP contribution in [0.15, 0.2) is 109 Å². The van der Waals surface area contributed by atoms with E-state index in [2.05, 4.69) is 17.4 Å². The van der Waals surface area contributed by atoms with E-state index in [9.17, 15) is 0 Å². The minimum atomic E-state index is 0.297. The molecule has 0 saturated heterocycles. The van der Waals surface area contributed by atoms with Crippen molar-refractivity contribution in [3.05, 3.63) is 115 Å². The number of imidazole rings is 1. The van der Waals surface area contributed by atoms with Crippen molar-refractivity contribution in [2.24, 2.45) is 0 Å². The molecule has 0 aliphatic heterocycles. The van der Waals surface area contributed by atoms with Gasteiger partial charge in [-0.25, -0.2) is 14.5 Å². The molecule has 0 spiro atoms. The van der Waals surface area contributed by atoms with E-state index >= 15 is 0 Å². The molecule has 0 bridgehead atoms. The summed E-state index contributed by atoms with van der Waals surface area (Å²) in [5.41, 5.74) is 11.9. The van der Waals surface area contributed by atoms with E-state index in [-0.39, 0.29) is 0 Å².